The monoisotopic (exact) mass is 305 g/mol. The van der Waals surface area contributed by atoms with Crippen LogP contribution in [0.5, 0.6) is 0 Å². The maximum absolute atomic E-state index is 12.3. The summed E-state index contributed by atoms with van der Waals surface area (Å²) in [5.74, 6) is 0. The predicted octanol–water partition coefficient (Wildman–Crippen LogP) is 4.10. The van der Waals surface area contributed by atoms with Gasteiger partial charge in [-0.25, -0.2) is 4.79 Å². The van der Waals surface area contributed by atoms with Crippen molar-refractivity contribution in [2.24, 2.45) is 0 Å². The first-order chi connectivity index (χ1) is 11.0. The molecular weight excluding hydrogens is 286 g/mol. The summed E-state index contributed by atoms with van der Waals surface area (Å²) < 4.78 is 0. The van der Waals surface area contributed by atoms with Crippen molar-refractivity contribution < 1.29 is 4.79 Å². The van der Waals surface area contributed by atoms with Crippen molar-refractivity contribution in [2.75, 3.05) is 5.32 Å². The third-order valence-electron chi connectivity index (χ3n) is 4.34. The van der Waals surface area contributed by atoms with Crippen molar-refractivity contribution in [3.63, 3.8) is 0 Å². The molecule has 2 aromatic carbocycles. The van der Waals surface area contributed by atoms with Crippen molar-refractivity contribution in [2.45, 2.75) is 31.7 Å². The smallest absolute Gasteiger partial charge is 0.319 e. The number of urea groups is 1. The highest BCUT2D eigenvalue weighted by molar-refractivity contribution is 5.89. The minimum absolute atomic E-state index is 0.0198. The molecule has 0 saturated heterocycles. The lowest BCUT2D eigenvalue weighted by molar-refractivity contribution is 0.247. The van der Waals surface area contributed by atoms with Gasteiger partial charge in [0.15, 0.2) is 0 Å². The van der Waals surface area contributed by atoms with Gasteiger partial charge >= 0.3 is 6.03 Å². The number of nitrogens with zero attached hydrogens (tertiary/aromatic N) is 1. The van der Waals surface area contributed by atoms with E-state index in [1.165, 1.54) is 5.56 Å². The van der Waals surface area contributed by atoms with Gasteiger partial charge in [-0.05, 0) is 47.2 Å². The molecule has 2 N–H and O–H groups in total. The number of para-hydroxylation sites is 1. The molecule has 2 aromatic rings. The molecule has 1 aliphatic rings. The second-order valence-electron chi connectivity index (χ2n) is 6.52. The first kappa shape index (κ1) is 15.1. The summed E-state index contributed by atoms with van der Waals surface area (Å²) in [5, 5.41) is 15.0. The highest BCUT2D eigenvalue weighted by atomic mass is 16.2. The van der Waals surface area contributed by atoms with Gasteiger partial charge in [-0.15, -0.1) is 0 Å². The van der Waals surface area contributed by atoms with E-state index in [1.807, 2.05) is 48.5 Å². The number of nitriles is 1. The quantitative estimate of drug-likeness (QED) is 0.877. The summed E-state index contributed by atoms with van der Waals surface area (Å²) in [6.45, 7) is 4.32. The highest BCUT2D eigenvalue weighted by Gasteiger charge is 2.37. The van der Waals surface area contributed by atoms with Gasteiger partial charge in [0.25, 0.3) is 0 Å². The van der Waals surface area contributed by atoms with Crippen LogP contribution < -0.4 is 10.6 Å². The van der Waals surface area contributed by atoms with Crippen molar-refractivity contribution in [1.82, 2.24) is 5.32 Å². The molecule has 4 nitrogen and oxygen atoms in total. The van der Waals surface area contributed by atoms with Gasteiger partial charge in [0.05, 0.1) is 17.7 Å². The fourth-order valence-corrected chi connectivity index (χ4v) is 3.24. The molecule has 1 atom stereocenters. The third-order valence-corrected chi connectivity index (χ3v) is 4.34. The summed E-state index contributed by atoms with van der Waals surface area (Å²) in [6.07, 6.45) is 0.819. The van der Waals surface area contributed by atoms with Crippen molar-refractivity contribution in [1.29, 1.82) is 5.26 Å². The molecule has 0 heterocycles. The second kappa shape index (κ2) is 5.77. The molecule has 23 heavy (non-hydrogen) atoms. The molecule has 0 saturated carbocycles. The average Bonchev–Trinajstić information content (AvgIpc) is 2.78. The SMILES string of the molecule is CC1(C)C[C@H](NC(=O)Nc2ccccc2)c2cc(C#N)ccc21. The Morgan fingerprint density at radius 2 is 1.96 bits per heavy atom. The minimum Gasteiger partial charge on any atom is -0.331 e. The summed E-state index contributed by atoms with van der Waals surface area (Å²) in [6, 6.07) is 16.9. The maximum Gasteiger partial charge on any atom is 0.319 e. The Kier molecular flexibility index (Phi) is 3.79. The molecule has 0 spiro atoms. The lowest BCUT2D eigenvalue weighted by Crippen LogP contribution is -2.32. The standard InChI is InChI=1S/C19H19N3O/c1-19(2)11-17(15-10-13(12-20)8-9-16(15)19)22-18(23)21-14-6-4-3-5-7-14/h3-10,17H,11H2,1-2H3,(H2,21,22,23)/t17-/m0/s1. The first-order valence-electron chi connectivity index (χ1n) is 7.67. The van der Waals surface area contributed by atoms with E-state index in [0.29, 0.717) is 5.56 Å². The molecule has 1 aliphatic carbocycles. The number of anilines is 1. The summed E-state index contributed by atoms with van der Waals surface area (Å²) in [5.41, 5.74) is 3.59. The zero-order valence-electron chi connectivity index (χ0n) is 13.3. The first-order valence-corrected chi connectivity index (χ1v) is 7.67. The van der Waals surface area contributed by atoms with Crippen LogP contribution in [-0.4, -0.2) is 6.03 Å². The van der Waals surface area contributed by atoms with Crippen LogP contribution >= 0.6 is 0 Å². The lowest BCUT2D eigenvalue weighted by Gasteiger charge is -2.19. The number of carbonyl (C=O) groups excluding carboxylic acids is 1. The van der Waals surface area contributed by atoms with Gasteiger partial charge in [0.1, 0.15) is 0 Å². The number of benzene rings is 2. The zero-order chi connectivity index (χ0) is 16.4. The van der Waals surface area contributed by atoms with Crippen LogP contribution in [0.2, 0.25) is 0 Å². The van der Waals surface area contributed by atoms with E-state index in [2.05, 4.69) is 30.6 Å². The van der Waals surface area contributed by atoms with E-state index in [1.54, 1.807) is 0 Å². The fraction of sp³-hybridized carbons (Fsp3) is 0.263. The van der Waals surface area contributed by atoms with E-state index < -0.39 is 0 Å². The van der Waals surface area contributed by atoms with Gasteiger partial charge in [0, 0.05) is 5.69 Å². The molecule has 0 radical (unpaired) electrons. The van der Waals surface area contributed by atoms with Crippen LogP contribution in [0.25, 0.3) is 0 Å². The number of rotatable bonds is 2. The van der Waals surface area contributed by atoms with Gasteiger partial charge in [-0.1, -0.05) is 38.1 Å². The van der Waals surface area contributed by atoms with Crippen LogP contribution in [0.1, 0.15) is 43.0 Å². The minimum atomic E-state index is -0.229. The molecule has 0 aliphatic heterocycles. The topological polar surface area (TPSA) is 64.9 Å². The van der Waals surface area contributed by atoms with E-state index in [-0.39, 0.29) is 17.5 Å². The predicted molar refractivity (Wildman–Crippen MR) is 90.1 cm³/mol. The molecule has 4 heteroatoms. The Morgan fingerprint density at radius 1 is 1.22 bits per heavy atom. The summed E-state index contributed by atoms with van der Waals surface area (Å²) in [7, 11) is 0. The fourth-order valence-electron chi connectivity index (χ4n) is 3.24. The molecule has 0 bridgehead atoms. The largest absolute Gasteiger partial charge is 0.331 e. The van der Waals surface area contributed by atoms with Crippen LogP contribution in [0.3, 0.4) is 0 Å². The number of carbonyl (C=O) groups is 1. The molecule has 3 rings (SSSR count). The van der Waals surface area contributed by atoms with Gasteiger partial charge in [-0.2, -0.15) is 5.26 Å². The summed E-state index contributed by atoms with van der Waals surface area (Å²) >= 11 is 0. The Labute approximate surface area is 136 Å². The maximum atomic E-state index is 12.3. The highest BCUT2D eigenvalue weighted by Crippen LogP contribution is 2.44. The van der Waals surface area contributed by atoms with Crippen LogP contribution in [0.15, 0.2) is 48.5 Å². The summed E-state index contributed by atoms with van der Waals surface area (Å²) in [4.78, 5) is 12.3. The number of hydrogen-bond acceptors (Lipinski definition) is 2. The number of nitrogens with one attached hydrogen (secondary N) is 2. The Bertz CT molecular complexity index is 775. The normalized spacial score (nSPS) is 17.9. The Morgan fingerprint density at radius 3 is 2.65 bits per heavy atom. The van der Waals surface area contributed by atoms with Crippen molar-refractivity contribution >= 4 is 11.7 Å². The van der Waals surface area contributed by atoms with Gasteiger partial charge in [-0.3, -0.25) is 0 Å². The number of hydrogen-bond donors (Lipinski definition) is 2. The van der Waals surface area contributed by atoms with E-state index >= 15 is 0 Å². The van der Waals surface area contributed by atoms with Crippen molar-refractivity contribution in [3.05, 3.63) is 65.2 Å². The zero-order valence-corrected chi connectivity index (χ0v) is 13.3. The molecule has 0 aromatic heterocycles. The number of fused-ring (bicyclic) bond motifs is 1. The third kappa shape index (κ3) is 3.04. The van der Waals surface area contributed by atoms with Crippen LogP contribution in [-0.2, 0) is 5.41 Å². The Hall–Kier alpha value is -2.80. The van der Waals surface area contributed by atoms with E-state index in [0.717, 1.165) is 17.7 Å². The van der Waals surface area contributed by atoms with Crippen molar-refractivity contribution in [3.8, 4) is 6.07 Å². The van der Waals surface area contributed by atoms with Gasteiger partial charge in [0.2, 0.25) is 0 Å². The van der Waals surface area contributed by atoms with E-state index in [9.17, 15) is 4.79 Å². The van der Waals surface area contributed by atoms with Crippen LogP contribution in [0, 0.1) is 11.3 Å². The number of amides is 2. The van der Waals surface area contributed by atoms with Gasteiger partial charge < -0.3 is 10.6 Å². The average molecular weight is 305 g/mol. The molecule has 0 unspecified atom stereocenters. The second-order valence-corrected chi connectivity index (χ2v) is 6.52. The molecule has 0 fully saturated rings. The molecular formula is C19H19N3O. The molecule has 2 amide bonds. The lowest BCUT2D eigenvalue weighted by atomic mass is 9.86. The van der Waals surface area contributed by atoms with Crippen LogP contribution in [0.4, 0.5) is 10.5 Å². The molecule has 116 valence electrons. The Balaban J connectivity index is 1.80. The van der Waals surface area contributed by atoms with E-state index in [4.69, 9.17) is 5.26 Å².